The molecule has 0 aliphatic heterocycles. The van der Waals surface area contributed by atoms with Gasteiger partial charge in [0, 0.05) is 34.9 Å². The summed E-state index contributed by atoms with van der Waals surface area (Å²) in [5, 5.41) is 17.2. The number of nitrogens with zero attached hydrogens (tertiary/aromatic N) is 5. The van der Waals surface area contributed by atoms with Crippen LogP contribution in [0.4, 0.5) is 42.5 Å². The smallest absolute Gasteiger partial charge is 0.308 e. The highest BCUT2D eigenvalue weighted by molar-refractivity contribution is 6.00. The number of rotatable bonds is 4. The highest BCUT2D eigenvalue weighted by atomic mass is 19.4. The first-order chi connectivity index (χ1) is 18.5. The zero-order chi connectivity index (χ0) is 27.8. The van der Waals surface area contributed by atoms with Crippen LogP contribution < -0.4 is 10.6 Å². The van der Waals surface area contributed by atoms with E-state index in [1.807, 2.05) is 5.32 Å². The Balaban J connectivity index is 1.39. The zero-order valence-electron chi connectivity index (χ0n) is 19.4. The maximum absolute atomic E-state index is 13.1. The summed E-state index contributed by atoms with van der Waals surface area (Å²) in [6.07, 6.45) is -6.87. The van der Waals surface area contributed by atoms with Crippen LogP contribution in [0.3, 0.4) is 0 Å². The summed E-state index contributed by atoms with van der Waals surface area (Å²) < 4.78 is 80.2. The van der Waals surface area contributed by atoms with Gasteiger partial charge in [-0.15, -0.1) is 10.2 Å². The lowest BCUT2D eigenvalue weighted by atomic mass is 10.1. The van der Waals surface area contributed by atoms with E-state index in [1.165, 1.54) is 16.6 Å². The second-order valence-electron chi connectivity index (χ2n) is 8.21. The molecule has 0 saturated heterocycles. The molecule has 2 N–H and O–H groups in total. The quantitative estimate of drug-likeness (QED) is 0.251. The van der Waals surface area contributed by atoms with Gasteiger partial charge in [-0.3, -0.25) is 4.98 Å². The Bertz CT molecular complexity index is 1630. The van der Waals surface area contributed by atoms with E-state index in [-0.39, 0.29) is 11.8 Å². The Morgan fingerprint density at radius 2 is 1.44 bits per heavy atom. The predicted molar refractivity (Wildman–Crippen MR) is 129 cm³/mol. The second kappa shape index (κ2) is 9.70. The van der Waals surface area contributed by atoms with Gasteiger partial charge in [0.1, 0.15) is 0 Å². The number of fused-ring (bicyclic) bond motifs is 1. The molecular weight excluding hydrogens is 528 g/mol. The fourth-order valence-electron chi connectivity index (χ4n) is 3.69. The molecule has 0 bridgehead atoms. The van der Waals surface area contributed by atoms with Crippen LogP contribution in [0, 0.1) is 0 Å². The summed E-state index contributed by atoms with van der Waals surface area (Å²) in [5.74, 6) is 0.452. The molecule has 8 nitrogen and oxygen atoms in total. The zero-order valence-corrected chi connectivity index (χ0v) is 19.4. The lowest BCUT2D eigenvalue weighted by Crippen LogP contribution is -2.20. The lowest BCUT2D eigenvalue weighted by molar-refractivity contribution is -0.143. The maximum atomic E-state index is 13.1. The van der Waals surface area contributed by atoms with Gasteiger partial charge in [-0.25, -0.2) is 4.79 Å². The molecule has 0 unspecified atom stereocenters. The number of hydrogen-bond acceptors (Lipinski definition) is 5. The van der Waals surface area contributed by atoms with Crippen LogP contribution >= 0.6 is 0 Å². The Kier molecular flexibility index (Phi) is 6.38. The number of hydrogen-bond donors (Lipinski definition) is 2. The van der Waals surface area contributed by atoms with Crippen molar-refractivity contribution in [2.24, 2.45) is 0 Å². The van der Waals surface area contributed by atoms with E-state index in [0.717, 1.165) is 0 Å². The maximum Gasteiger partial charge on any atom is 0.416 e. The molecule has 39 heavy (non-hydrogen) atoms. The molecule has 0 saturated carbocycles. The number of nitrogens with one attached hydrogen (secondary N) is 2. The van der Waals surface area contributed by atoms with Crippen LogP contribution in [-0.2, 0) is 12.4 Å². The Labute approximate surface area is 215 Å². The molecule has 3 aromatic heterocycles. The summed E-state index contributed by atoms with van der Waals surface area (Å²) in [6.45, 7) is 0. The van der Waals surface area contributed by atoms with Crippen molar-refractivity contribution in [3.8, 4) is 22.6 Å². The van der Waals surface area contributed by atoms with Crippen molar-refractivity contribution < 1.29 is 31.1 Å². The Morgan fingerprint density at radius 3 is 2.10 bits per heavy atom. The van der Waals surface area contributed by atoms with Gasteiger partial charge in [0.15, 0.2) is 11.5 Å². The normalized spacial score (nSPS) is 11.9. The number of halogens is 6. The van der Waals surface area contributed by atoms with E-state index in [4.69, 9.17) is 0 Å². The number of aromatic nitrogens is 5. The van der Waals surface area contributed by atoms with E-state index >= 15 is 0 Å². The third kappa shape index (κ3) is 5.63. The molecule has 0 aliphatic rings. The summed E-state index contributed by atoms with van der Waals surface area (Å²) in [6, 6.07) is 13.0. The number of carbonyl (C=O) groups excluding carboxylic acids is 1. The van der Waals surface area contributed by atoms with E-state index in [0.29, 0.717) is 40.4 Å². The molecule has 0 radical (unpaired) electrons. The topological polar surface area (TPSA) is 97.1 Å². The summed E-state index contributed by atoms with van der Waals surface area (Å²) in [7, 11) is 0. The first kappa shape index (κ1) is 25.6. The largest absolute Gasteiger partial charge is 0.416 e. The minimum Gasteiger partial charge on any atom is -0.308 e. The van der Waals surface area contributed by atoms with Gasteiger partial charge in [-0.05, 0) is 54.6 Å². The average molecular weight is 543 g/mol. The summed E-state index contributed by atoms with van der Waals surface area (Å²) >= 11 is 0. The minimum absolute atomic E-state index is 0.0219. The Morgan fingerprint density at radius 1 is 0.744 bits per heavy atom. The van der Waals surface area contributed by atoms with E-state index in [1.54, 1.807) is 48.8 Å². The monoisotopic (exact) mass is 543 g/mol. The van der Waals surface area contributed by atoms with Crippen molar-refractivity contribution in [2.45, 2.75) is 12.4 Å². The van der Waals surface area contributed by atoms with E-state index in [9.17, 15) is 31.1 Å². The van der Waals surface area contributed by atoms with E-state index < -0.39 is 35.2 Å². The highest BCUT2D eigenvalue weighted by Gasteiger charge is 2.37. The van der Waals surface area contributed by atoms with Gasteiger partial charge in [0.2, 0.25) is 0 Å². The van der Waals surface area contributed by atoms with Crippen molar-refractivity contribution in [2.75, 3.05) is 10.6 Å². The van der Waals surface area contributed by atoms with Crippen molar-refractivity contribution in [3.05, 3.63) is 90.3 Å². The number of amides is 2. The Hall–Kier alpha value is -5.01. The van der Waals surface area contributed by atoms with Crippen LogP contribution in [0.25, 0.3) is 28.3 Å². The number of urea groups is 1. The predicted octanol–water partition coefficient (Wildman–Crippen LogP) is 6.53. The van der Waals surface area contributed by atoms with Gasteiger partial charge < -0.3 is 10.6 Å². The van der Waals surface area contributed by atoms with Gasteiger partial charge in [-0.1, -0.05) is 12.1 Å². The van der Waals surface area contributed by atoms with Crippen molar-refractivity contribution >= 4 is 23.1 Å². The first-order valence-electron chi connectivity index (χ1n) is 11.1. The molecule has 0 spiro atoms. The lowest BCUT2D eigenvalue weighted by Gasteiger charge is -2.15. The minimum atomic E-state index is -5.04. The van der Waals surface area contributed by atoms with Gasteiger partial charge >= 0.3 is 18.4 Å². The molecule has 0 aliphatic carbocycles. The highest BCUT2D eigenvalue weighted by Crippen LogP contribution is 2.37. The second-order valence-corrected chi connectivity index (χ2v) is 8.21. The fraction of sp³-hybridized carbons (Fsp3) is 0.0800. The molecule has 2 aromatic carbocycles. The van der Waals surface area contributed by atoms with Crippen LogP contribution in [0.2, 0.25) is 0 Å². The fourth-order valence-corrected chi connectivity index (χ4v) is 3.69. The number of pyridine rings is 1. The van der Waals surface area contributed by atoms with Gasteiger partial charge in [-0.2, -0.15) is 36.0 Å². The third-order valence-corrected chi connectivity index (χ3v) is 5.44. The molecule has 5 aromatic rings. The molecule has 198 valence electrons. The number of anilines is 2. The standard InChI is InChI=1S/C25H15F6N7O/c26-24(27,28)16-10-17(25(29,30)31)12-19(11-16)34-23(39)33-18-5-1-3-14(9-18)20-6-7-21-35-36-22(38(21)37-20)15-4-2-8-32-13-15/h1-13H,(H2,33,34,39). The molecule has 14 heteroatoms. The van der Waals surface area contributed by atoms with Crippen molar-refractivity contribution in [3.63, 3.8) is 0 Å². The summed E-state index contributed by atoms with van der Waals surface area (Å²) in [5.41, 5.74) is -1.36. The SMILES string of the molecule is O=C(Nc1cccc(-c2ccc3nnc(-c4cccnc4)n3n2)c1)Nc1cc(C(F)(F)F)cc(C(F)(F)F)c1. The molecule has 5 rings (SSSR count). The van der Waals surface area contributed by atoms with E-state index in [2.05, 4.69) is 25.6 Å². The average Bonchev–Trinajstić information content (AvgIpc) is 3.31. The van der Waals surface area contributed by atoms with Crippen LogP contribution in [-0.4, -0.2) is 30.8 Å². The molecule has 0 fully saturated rings. The number of benzene rings is 2. The van der Waals surface area contributed by atoms with Gasteiger partial charge in [0.05, 0.1) is 16.8 Å². The van der Waals surface area contributed by atoms with Crippen molar-refractivity contribution in [1.82, 2.24) is 24.8 Å². The molecule has 2 amide bonds. The van der Waals surface area contributed by atoms with Crippen LogP contribution in [0.5, 0.6) is 0 Å². The first-order valence-corrected chi connectivity index (χ1v) is 11.1. The molecule has 3 heterocycles. The van der Waals surface area contributed by atoms with Crippen LogP contribution in [0.15, 0.2) is 79.1 Å². The summed E-state index contributed by atoms with van der Waals surface area (Å²) in [4.78, 5) is 16.5. The van der Waals surface area contributed by atoms with Crippen LogP contribution in [0.1, 0.15) is 11.1 Å². The number of alkyl halides is 6. The molecule has 0 atom stereocenters. The molecular formula is C25H15F6N7O. The van der Waals surface area contributed by atoms with Gasteiger partial charge in [0.25, 0.3) is 0 Å². The third-order valence-electron chi connectivity index (χ3n) is 5.44. The number of carbonyl (C=O) groups is 1. The van der Waals surface area contributed by atoms with Crippen molar-refractivity contribution in [1.29, 1.82) is 0 Å².